The lowest BCUT2D eigenvalue weighted by Crippen LogP contribution is -2.36. The third-order valence-corrected chi connectivity index (χ3v) is 13.8. The molecule has 332 valence electrons. The Morgan fingerprint density at radius 2 is 1.87 bits per heavy atom. The number of phenolic OH excluding ortho intramolecular Hbond substituents is 1. The van der Waals surface area contributed by atoms with Crippen molar-refractivity contribution in [2.45, 2.75) is 134 Å². The van der Waals surface area contributed by atoms with E-state index in [2.05, 4.69) is 17.5 Å². The predicted octanol–water partition coefficient (Wildman–Crippen LogP) is 6.06. The van der Waals surface area contributed by atoms with Crippen molar-refractivity contribution >= 4 is 11.8 Å². The Balaban J connectivity index is 0.815. The van der Waals surface area contributed by atoms with Crippen LogP contribution in [0, 0.1) is 35.7 Å². The number of rotatable bonds is 22. The molecule has 5 aliphatic rings. The molecule has 0 amide bonds. The summed E-state index contributed by atoms with van der Waals surface area (Å²) in [6.45, 7) is 3.09. The van der Waals surface area contributed by atoms with Gasteiger partial charge in [0.2, 0.25) is 5.70 Å². The van der Waals surface area contributed by atoms with Crippen LogP contribution in [0.15, 0.2) is 70.9 Å². The highest BCUT2D eigenvalue weighted by molar-refractivity contribution is 6.03. The first-order valence-electron chi connectivity index (χ1n) is 23.0. The molecule has 2 aromatic rings. The van der Waals surface area contributed by atoms with Crippen molar-refractivity contribution in [1.29, 1.82) is 0 Å². The number of hydrogen-bond donors (Lipinski definition) is 8. The first-order chi connectivity index (χ1) is 29.6. The zero-order valence-electron chi connectivity index (χ0n) is 36.0. The van der Waals surface area contributed by atoms with E-state index in [0.29, 0.717) is 48.6 Å². The van der Waals surface area contributed by atoms with Gasteiger partial charge in [-0.25, -0.2) is 0 Å². The van der Waals surface area contributed by atoms with Crippen LogP contribution in [0.4, 0.5) is 0 Å². The van der Waals surface area contributed by atoms with Gasteiger partial charge in [-0.15, -0.1) is 16.6 Å². The summed E-state index contributed by atoms with van der Waals surface area (Å²) in [5.41, 5.74) is 12.8. The molecule has 61 heavy (non-hydrogen) atoms. The van der Waals surface area contributed by atoms with Gasteiger partial charge in [-0.1, -0.05) is 62.5 Å². The maximum absolute atomic E-state index is 11.2. The van der Waals surface area contributed by atoms with Crippen LogP contribution in [0.1, 0.15) is 119 Å². The minimum absolute atomic E-state index is 0.00594. The second-order valence-corrected chi connectivity index (χ2v) is 18.3. The fourth-order valence-corrected chi connectivity index (χ4v) is 10.4. The average molecular weight is 841 g/mol. The highest BCUT2D eigenvalue weighted by Crippen LogP contribution is 2.48. The molecule has 10 N–H and O–H groups in total. The molecule has 0 bridgehead atoms. The predicted molar refractivity (Wildman–Crippen MR) is 239 cm³/mol. The van der Waals surface area contributed by atoms with Crippen molar-refractivity contribution in [3.63, 3.8) is 0 Å². The van der Waals surface area contributed by atoms with E-state index < -0.39 is 18.3 Å². The van der Waals surface area contributed by atoms with Gasteiger partial charge >= 0.3 is 0 Å². The Kier molecular flexibility index (Phi) is 16.1. The van der Waals surface area contributed by atoms with Crippen LogP contribution >= 0.6 is 0 Å². The maximum atomic E-state index is 11.2. The lowest BCUT2D eigenvalue weighted by molar-refractivity contribution is -0.0552. The highest BCUT2D eigenvalue weighted by Gasteiger charge is 2.49. The Bertz CT molecular complexity index is 1880. The van der Waals surface area contributed by atoms with E-state index in [1.54, 1.807) is 13.0 Å². The number of unbranched alkanes of at least 4 members (excludes halogenated alkanes) is 3. The first-order valence-corrected chi connectivity index (χ1v) is 23.0. The smallest absolute Gasteiger partial charge is 0.208 e. The molecular weight excluding hydrogens is 771 g/mol. The Labute approximate surface area is 362 Å². The van der Waals surface area contributed by atoms with Gasteiger partial charge in [0.05, 0.1) is 30.8 Å². The molecule has 2 aromatic carbocycles. The minimum Gasteiger partial charge on any atom is -0.504 e. The van der Waals surface area contributed by atoms with Gasteiger partial charge in [0.15, 0.2) is 17.6 Å². The second-order valence-electron chi connectivity index (χ2n) is 18.3. The number of hydrogen-bond acceptors (Lipinski definition) is 10. The van der Waals surface area contributed by atoms with Crippen LogP contribution in [0.5, 0.6) is 11.5 Å². The van der Waals surface area contributed by atoms with Crippen molar-refractivity contribution in [1.82, 2.24) is 5.32 Å². The Morgan fingerprint density at radius 3 is 2.69 bits per heavy atom. The maximum Gasteiger partial charge on any atom is 0.208 e. The van der Waals surface area contributed by atoms with Crippen molar-refractivity contribution < 1.29 is 40.1 Å². The van der Waals surface area contributed by atoms with E-state index in [9.17, 15) is 30.6 Å². The number of aliphatic imine (C=N–C) groups is 1. The monoisotopic (exact) mass is 841 g/mol. The van der Waals surface area contributed by atoms with Crippen LogP contribution in [0.25, 0.3) is 6.08 Å². The van der Waals surface area contributed by atoms with Gasteiger partial charge in [-0.3, -0.25) is 0 Å². The van der Waals surface area contributed by atoms with Crippen molar-refractivity contribution in [2.24, 2.45) is 34.4 Å². The summed E-state index contributed by atoms with van der Waals surface area (Å²) in [5.74, 6) is 3.14. The van der Waals surface area contributed by atoms with Crippen LogP contribution < -0.4 is 15.8 Å². The molecule has 11 nitrogen and oxygen atoms in total. The molecule has 0 aromatic heterocycles. The molecule has 3 aliphatic carbocycles. The van der Waals surface area contributed by atoms with E-state index in [1.165, 1.54) is 25.2 Å². The number of aromatic hydroxyl groups is 1. The summed E-state index contributed by atoms with van der Waals surface area (Å²) in [4.78, 5) is 4.92. The number of aryl methyl sites for hydroxylation is 1. The molecule has 0 radical (unpaired) electrons. The quantitative estimate of drug-likeness (QED) is 0.0395. The zero-order valence-corrected chi connectivity index (χ0v) is 36.0. The molecule has 0 saturated heterocycles. The third-order valence-electron chi connectivity index (χ3n) is 13.8. The van der Waals surface area contributed by atoms with E-state index >= 15 is 0 Å². The first kappa shape index (κ1) is 45.4. The number of benzene rings is 2. The standard InChI is InChI=1S/C50H69N3O8/c1-31(56)26-52-27-43-40-9-6-7-34(40)16-19-44-42(43)25-45(53-44)47(58)30-60-49-22-32(13-20-46(49)57)11-17-39-24-37(29-55)48(61-39)10-5-3-2-4-8-38(51)23-36-15-14-35-21-33(28-54)12-18-41(35)50(36)59/h12-15,18,20-22,24-25,31,34,36,38,40,43,47-48,50,52,54-56,58-59,61H,2-11,16-17,19,23,26-30,51H2,1H3/p+1/t31-,34+,36-,38-,40-,43-,47-,48?,50-/m0/s1. The van der Waals surface area contributed by atoms with Gasteiger partial charge in [0.1, 0.15) is 30.4 Å². The van der Waals surface area contributed by atoms with Crippen LogP contribution in [0.2, 0.25) is 0 Å². The number of allylic oxidation sites excluding steroid dienone is 1. The van der Waals surface area contributed by atoms with Crippen LogP contribution in [-0.4, -0.2) is 91.7 Å². The number of aliphatic hydroxyl groups excluding tert-OH is 5. The molecule has 2 aliphatic heterocycles. The second kappa shape index (κ2) is 21.6. The fraction of sp³-hybridized carbons (Fsp3) is 0.580. The fourth-order valence-electron chi connectivity index (χ4n) is 10.4. The Hall–Kier alpha value is -3.65. The van der Waals surface area contributed by atoms with E-state index in [1.807, 2.05) is 42.5 Å². The number of aliphatic hydroxyl groups is 7. The van der Waals surface area contributed by atoms with Gasteiger partial charge in [0.25, 0.3) is 0 Å². The van der Waals surface area contributed by atoms with Gasteiger partial charge in [0, 0.05) is 44.5 Å². The summed E-state index contributed by atoms with van der Waals surface area (Å²) in [5, 5.41) is 65.7. The molecule has 7 rings (SSSR count). The number of nitrogens with two attached hydrogens (primary N) is 1. The normalized spacial score (nSPS) is 25.9. The van der Waals surface area contributed by atoms with Gasteiger partial charge < -0.3 is 51.2 Å². The molecule has 2 saturated carbocycles. The lowest BCUT2D eigenvalue weighted by Gasteiger charge is -2.28. The molecule has 11 heteroatoms. The number of phenols is 1. The molecular formula is C50H70N3O8+. The number of fused-ring (bicyclic) bond motifs is 3. The summed E-state index contributed by atoms with van der Waals surface area (Å²) in [6.07, 6.45) is 21.1. The van der Waals surface area contributed by atoms with Crippen molar-refractivity contribution in [3.8, 4) is 11.5 Å². The number of ether oxygens (including phenoxy) is 2. The number of nitrogens with one attached hydrogen (secondary N) is 1. The minimum atomic E-state index is -0.939. The summed E-state index contributed by atoms with van der Waals surface area (Å²) >= 11 is 0. The largest absolute Gasteiger partial charge is 0.504 e. The molecule has 1 unspecified atom stereocenters. The SMILES string of the molecule is C[C@H](O)CNC[C@@H]1[C+]2C=C([C@@H](O)COc3cc(CC[C-]4C=C(CO)C(CCCCCC[C@H](N)C[C@@H]5C=Cc6cc(CO)ccc6[C@H]5O)[OH+]4)ccc3O)N=C2CC[C@H]2CCC[C@@H]21. The van der Waals surface area contributed by atoms with Crippen LogP contribution in [0.3, 0.4) is 0 Å². The van der Waals surface area contributed by atoms with Gasteiger partial charge in [-0.05, 0) is 104 Å². The van der Waals surface area contributed by atoms with Crippen molar-refractivity contribution in [3.05, 3.63) is 100 Å². The average Bonchev–Trinajstić information content (AvgIpc) is 4.00. The molecule has 2 fully saturated rings. The lowest BCUT2D eigenvalue weighted by atomic mass is 9.77. The third kappa shape index (κ3) is 11.7. The van der Waals surface area contributed by atoms with E-state index in [-0.39, 0.29) is 43.6 Å². The zero-order chi connectivity index (χ0) is 42.9. The molecule has 2 heterocycles. The highest BCUT2D eigenvalue weighted by atomic mass is 16.5. The summed E-state index contributed by atoms with van der Waals surface area (Å²) in [7, 11) is 0. The molecule has 0 spiro atoms. The Morgan fingerprint density at radius 1 is 1.03 bits per heavy atom. The van der Waals surface area contributed by atoms with E-state index in [0.717, 1.165) is 104 Å². The van der Waals surface area contributed by atoms with E-state index in [4.69, 9.17) is 20.2 Å². The topological polar surface area (TPSA) is 194 Å². The van der Waals surface area contributed by atoms with Crippen LogP contribution in [-0.2, 0) is 13.0 Å². The van der Waals surface area contributed by atoms with Crippen molar-refractivity contribution in [2.75, 3.05) is 26.3 Å². The number of nitrogens with zero attached hydrogens (tertiary/aromatic N) is 1. The summed E-state index contributed by atoms with van der Waals surface area (Å²) in [6, 6.07) is 11.1. The summed E-state index contributed by atoms with van der Waals surface area (Å²) < 4.78 is 11.0. The molecule has 9 atom stereocenters. The van der Waals surface area contributed by atoms with Gasteiger partial charge in [-0.2, -0.15) is 0 Å².